The Balaban J connectivity index is 2.31. The zero-order chi connectivity index (χ0) is 15.0. The minimum atomic E-state index is -0.967. The van der Waals surface area contributed by atoms with Crippen LogP contribution in [0.1, 0.15) is 6.92 Å². The third-order valence-corrected chi connectivity index (χ3v) is 3.15. The van der Waals surface area contributed by atoms with Gasteiger partial charge in [0.1, 0.15) is 11.3 Å². The van der Waals surface area contributed by atoms with Gasteiger partial charge in [-0.1, -0.05) is 12.1 Å². The molecular weight excluding hydrogens is 276 g/mol. The molecule has 2 aromatic carbocycles. The number of nitrogens with zero attached hydrogens (tertiary/aromatic N) is 2. The van der Waals surface area contributed by atoms with Crippen molar-refractivity contribution in [1.82, 2.24) is 9.55 Å². The summed E-state index contributed by atoms with van der Waals surface area (Å²) < 4.78 is 34.3. The molecule has 0 saturated heterocycles. The van der Waals surface area contributed by atoms with E-state index in [2.05, 4.69) is 4.98 Å². The Hall–Kier alpha value is -2.63. The van der Waals surface area contributed by atoms with E-state index in [1.807, 2.05) is 6.92 Å². The van der Waals surface area contributed by atoms with Gasteiger partial charge in [-0.05, 0) is 31.2 Å². The van der Waals surface area contributed by atoms with Crippen LogP contribution in [-0.4, -0.2) is 16.2 Å². The molecule has 0 bridgehead atoms. The lowest BCUT2D eigenvalue weighted by Gasteiger charge is -2.08. The number of fused-ring (bicyclic) bond motifs is 1. The average molecular weight is 289 g/mol. The van der Waals surface area contributed by atoms with Crippen molar-refractivity contribution in [3.8, 4) is 11.4 Å². The predicted octanol–water partition coefficient (Wildman–Crippen LogP) is 3.28. The highest BCUT2D eigenvalue weighted by atomic mass is 19.2. The van der Waals surface area contributed by atoms with Crippen LogP contribution in [0.5, 0.6) is 5.75 Å². The van der Waals surface area contributed by atoms with Crippen molar-refractivity contribution in [2.75, 3.05) is 12.3 Å². The lowest BCUT2D eigenvalue weighted by Crippen LogP contribution is -2.04. The molecule has 0 saturated carbocycles. The smallest absolute Gasteiger partial charge is 0.206 e. The molecule has 6 heteroatoms. The van der Waals surface area contributed by atoms with Gasteiger partial charge in [0.05, 0.1) is 17.8 Å². The fourth-order valence-electron chi connectivity index (χ4n) is 2.28. The van der Waals surface area contributed by atoms with Gasteiger partial charge in [0, 0.05) is 0 Å². The molecule has 0 aliphatic carbocycles. The first-order valence-corrected chi connectivity index (χ1v) is 6.47. The first-order chi connectivity index (χ1) is 10.1. The molecule has 2 N–H and O–H groups in total. The standard InChI is InChI=1S/C15H13F2N3O/c1-2-21-12-8-4-7-11-14(12)19-15(18)20(11)10-6-3-5-9(16)13(10)17/h3-8H,2H2,1H3,(H2,18,19). The maximum absolute atomic E-state index is 14.0. The number of nitrogens with two attached hydrogens (primary N) is 1. The van der Waals surface area contributed by atoms with Crippen molar-refractivity contribution in [3.05, 3.63) is 48.0 Å². The average Bonchev–Trinajstić information content (AvgIpc) is 2.80. The van der Waals surface area contributed by atoms with Gasteiger partial charge in [-0.3, -0.25) is 4.57 Å². The van der Waals surface area contributed by atoms with E-state index in [-0.39, 0.29) is 11.6 Å². The number of imidazole rings is 1. The van der Waals surface area contributed by atoms with Crippen LogP contribution < -0.4 is 10.5 Å². The summed E-state index contributed by atoms with van der Waals surface area (Å²) in [5.74, 6) is -1.28. The minimum Gasteiger partial charge on any atom is -0.492 e. The van der Waals surface area contributed by atoms with Gasteiger partial charge in [0.25, 0.3) is 0 Å². The fourth-order valence-corrected chi connectivity index (χ4v) is 2.28. The second kappa shape index (κ2) is 5.05. The molecule has 0 radical (unpaired) electrons. The molecule has 0 fully saturated rings. The fraction of sp³-hybridized carbons (Fsp3) is 0.133. The molecule has 0 unspecified atom stereocenters. The molecule has 0 aliphatic rings. The van der Waals surface area contributed by atoms with Crippen LogP contribution in [0.4, 0.5) is 14.7 Å². The maximum Gasteiger partial charge on any atom is 0.206 e. The Bertz CT molecular complexity index is 814. The number of nitrogen functional groups attached to an aromatic ring is 1. The number of hydrogen-bond acceptors (Lipinski definition) is 3. The Kier molecular flexibility index (Phi) is 3.21. The zero-order valence-electron chi connectivity index (χ0n) is 11.3. The second-order valence-corrected chi connectivity index (χ2v) is 4.44. The van der Waals surface area contributed by atoms with E-state index in [0.717, 1.165) is 6.07 Å². The molecule has 0 amide bonds. The summed E-state index contributed by atoms with van der Waals surface area (Å²) in [5.41, 5.74) is 6.97. The molecule has 108 valence electrons. The van der Waals surface area contributed by atoms with Crippen molar-refractivity contribution in [2.24, 2.45) is 0 Å². The van der Waals surface area contributed by atoms with Gasteiger partial charge in [-0.2, -0.15) is 0 Å². The summed E-state index contributed by atoms with van der Waals surface area (Å²) in [6.07, 6.45) is 0. The highest BCUT2D eigenvalue weighted by Gasteiger charge is 2.17. The molecule has 4 nitrogen and oxygen atoms in total. The predicted molar refractivity (Wildman–Crippen MR) is 76.6 cm³/mol. The molecule has 3 aromatic rings. The van der Waals surface area contributed by atoms with Crippen molar-refractivity contribution in [3.63, 3.8) is 0 Å². The Morgan fingerprint density at radius 2 is 1.95 bits per heavy atom. The molecule has 0 spiro atoms. The van der Waals surface area contributed by atoms with Gasteiger partial charge in [-0.25, -0.2) is 13.8 Å². The third kappa shape index (κ3) is 2.08. The van der Waals surface area contributed by atoms with E-state index < -0.39 is 11.6 Å². The van der Waals surface area contributed by atoms with Gasteiger partial charge in [0.2, 0.25) is 5.95 Å². The SMILES string of the molecule is CCOc1cccc2c1nc(N)n2-c1cccc(F)c1F. The van der Waals surface area contributed by atoms with Crippen molar-refractivity contribution < 1.29 is 13.5 Å². The van der Waals surface area contributed by atoms with E-state index in [0.29, 0.717) is 23.4 Å². The van der Waals surface area contributed by atoms with Crippen LogP contribution in [0.15, 0.2) is 36.4 Å². The number of para-hydroxylation sites is 1. The van der Waals surface area contributed by atoms with Crippen LogP contribution in [0.25, 0.3) is 16.7 Å². The largest absolute Gasteiger partial charge is 0.492 e. The highest BCUT2D eigenvalue weighted by Crippen LogP contribution is 2.30. The molecule has 21 heavy (non-hydrogen) atoms. The molecular formula is C15H13F2N3O. The van der Waals surface area contributed by atoms with E-state index in [4.69, 9.17) is 10.5 Å². The first-order valence-electron chi connectivity index (χ1n) is 6.47. The first kappa shape index (κ1) is 13.4. The number of anilines is 1. The Labute approximate surface area is 119 Å². The lowest BCUT2D eigenvalue weighted by molar-refractivity contribution is 0.344. The number of ether oxygens (including phenoxy) is 1. The van der Waals surface area contributed by atoms with Crippen LogP contribution in [-0.2, 0) is 0 Å². The summed E-state index contributed by atoms with van der Waals surface area (Å²) in [5, 5.41) is 0. The summed E-state index contributed by atoms with van der Waals surface area (Å²) in [4.78, 5) is 4.21. The highest BCUT2D eigenvalue weighted by molar-refractivity contribution is 5.86. The summed E-state index contributed by atoms with van der Waals surface area (Å²) in [7, 11) is 0. The molecule has 0 aliphatic heterocycles. The van der Waals surface area contributed by atoms with Crippen molar-refractivity contribution in [2.45, 2.75) is 6.92 Å². The van der Waals surface area contributed by atoms with Gasteiger partial charge >= 0.3 is 0 Å². The lowest BCUT2D eigenvalue weighted by atomic mass is 10.2. The second-order valence-electron chi connectivity index (χ2n) is 4.44. The number of aromatic nitrogens is 2. The van der Waals surface area contributed by atoms with E-state index in [1.54, 1.807) is 18.2 Å². The van der Waals surface area contributed by atoms with Crippen LogP contribution in [0.3, 0.4) is 0 Å². The summed E-state index contributed by atoms with van der Waals surface area (Å²) in [6, 6.07) is 9.16. The van der Waals surface area contributed by atoms with Crippen LogP contribution in [0, 0.1) is 11.6 Å². The molecule has 1 aromatic heterocycles. The molecule has 1 heterocycles. The number of hydrogen-bond donors (Lipinski definition) is 1. The minimum absolute atomic E-state index is 0.0173. The summed E-state index contributed by atoms with van der Waals surface area (Å²) in [6.45, 7) is 2.33. The Morgan fingerprint density at radius 3 is 2.71 bits per heavy atom. The maximum atomic E-state index is 14.0. The molecule has 3 rings (SSSR count). The van der Waals surface area contributed by atoms with Crippen molar-refractivity contribution in [1.29, 1.82) is 0 Å². The quantitative estimate of drug-likeness (QED) is 0.805. The van der Waals surface area contributed by atoms with Crippen molar-refractivity contribution >= 4 is 17.0 Å². The topological polar surface area (TPSA) is 53.1 Å². The van der Waals surface area contributed by atoms with E-state index in [1.165, 1.54) is 16.7 Å². The summed E-state index contributed by atoms with van der Waals surface area (Å²) >= 11 is 0. The number of benzene rings is 2. The van der Waals surface area contributed by atoms with Gasteiger partial charge in [0.15, 0.2) is 11.6 Å². The van der Waals surface area contributed by atoms with Gasteiger partial charge in [-0.15, -0.1) is 0 Å². The zero-order valence-corrected chi connectivity index (χ0v) is 11.3. The normalized spacial score (nSPS) is 11.0. The monoisotopic (exact) mass is 289 g/mol. The van der Waals surface area contributed by atoms with E-state index in [9.17, 15) is 8.78 Å². The van der Waals surface area contributed by atoms with E-state index >= 15 is 0 Å². The van der Waals surface area contributed by atoms with Crippen LogP contribution in [0.2, 0.25) is 0 Å². The molecule has 0 atom stereocenters. The van der Waals surface area contributed by atoms with Gasteiger partial charge < -0.3 is 10.5 Å². The third-order valence-electron chi connectivity index (χ3n) is 3.15. The number of rotatable bonds is 3. The van der Waals surface area contributed by atoms with Crippen LogP contribution >= 0.6 is 0 Å². The number of halogens is 2. The Morgan fingerprint density at radius 1 is 1.19 bits per heavy atom.